The molecule has 1 amide bonds. The van der Waals surface area contributed by atoms with E-state index in [-0.39, 0.29) is 24.8 Å². The zero-order valence-corrected chi connectivity index (χ0v) is 14.5. The minimum atomic E-state index is -0.467. The van der Waals surface area contributed by atoms with E-state index in [1.807, 2.05) is 6.92 Å². The predicted molar refractivity (Wildman–Crippen MR) is 92.5 cm³/mol. The predicted octanol–water partition coefficient (Wildman–Crippen LogP) is 3.20. The molecule has 0 radical (unpaired) electrons. The van der Waals surface area contributed by atoms with Gasteiger partial charge in [0.1, 0.15) is 16.5 Å². The van der Waals surface area contributed by atoms with E-state index in [9.17, 15) is 14.0 Å². The lowest BCUT2D eigenvalue weighted by atomic mass is 10.2. The van der Waals surface area contributed by atoms with E-state index in [4.69, 9.17) is 4.74 Å². The van der Waals surface area contributed by atoms with Crippen molar-refractivity contribution in [1.29, 1.82) is 0 Å². The Bertz CT molecular complexity index is 948. The van der Waals surface area contributed by atoms with Crippen LogP contribution in [0.2, 0.25) is 0 Å². The van der Waals surface area contributed by atoms with Crippen LogP contribution in [-0.2, 0) is 16.0 Å². The second kappa shape index (κ2) is 7.02. The summed E-state index contributed by atoms with van der Waals surface area (Å²) in [4.78, 5) is 29.4. The molecule has 0 spiro atoms. The van der Waals surface area contributed by atoms with Gasteiger partial charge in [0.25, 0.3) is 0 Å². The zero-order valence-electron chi connectivity index (χ0n) is 13.7. The SMILES string of the molecule is CCOC(=O)c1cc(C)sc1NC(=O)Cc1cn2cc(F)ccc2n1. The summed E-state index contributed by atoms with van der Waals surface area (Å²) >= 11 is 1.31. The molecule has 0 bridgehead atoms. The number of hydrogen-bond acceptors (Lipinski definition) is 5. The number of fused-ring (bicyclic) bond motifs is 1. The van der Waals surface area contributed by atoms with E-state index in [0.29, 0.717) is 21.9 Å². The maximum Gasteiger partial charge on any atom is 0.341 e. The lowest BCUT2D eigenvalue weighted by Crippen LogP contribution is -2.16. The molecule has 0 aliphatic carbocycles. The van der Waals surface area contributed by atoms with Gasteiger partial charge >= 0.3 is 5.97 Å². The van der Waals surface area contributed by atoms with Gasteiger partial charge in [0.15, 0.2) is 0 Å². The fourth-order valence-corrected chi connectivity index (χ4v) is 3.32. The van der Waals surface area contributed by atoms with Gasteiger partial charge in [-0.05, 0) is 32.0 Å². The van der Waals surface area contributed by atoms with Crippen molar-refractivity contribution in [2.45, 2.75) is 20.3 Å². The molecule has 0 aromatic carbocycles. The molecule has 0 saturated heterocycles. The van der Waals surface area contributed by atoms with Crippen molar-refractivity contribution in [3.05, 3.63) is 52.5 Å². The Morgan fingerprint density at radius 1 is 1.36 bits per heavy atom. The summed E-state index contributed by atoms with van der Waals surface area (Å²) in [7, 11) is 0. The number of halogens is 1. The molecule has 3 rings (SSSR count). The number of aryl methyl sites for hydroxylation is 1. The highest BCUT2D eigenvalue weighted by molar-refractivity contribution is 7.16. The van der Waals surface area contributed by atoms with Gasteiger partial charge in [0.05, 0.1) is 24.3 Å². The molecule has 6 nitrogen and oxygen atoms in total. The average molecular weight is 361 g/mol. The molecule has 1 N–H and O–H groups in total. The Hall–Kier alpha value is -2.74. The second-order valence-electron chi connectivity index (χ2n) is 5.39. The number of hydrogen-bond donors (Lipinski definition) is 1. The first-order valence-electron chi connectivity index (χ1n) is 7.67. The highest BCUT2D eigenvalue weighted by atomic mass is 32.1. The monoisotopic (exact) mass is 361 g/mol. The van der Waals surface area contributed by atoms with E-state index >= 15 is 0 Å². The molecule has 0 atom stereocenters. The summed E-state index contributed by atoms with van der Waals surface area (Å²) in [6.45, 7) is 3.83. The van der Waals surface area contributed by atoms with Gasteiger partial charge in [0, 0.05) is 17.3 Å². The van der Waals surface area contributed by atoms with Crippen LogP contribution >= 0.6 is 11.3 Å². The standard InChI is InChI=1S/C17H16FN3O3S/c1-3-24-17(23)13-6-10(2)25-16(13)20-15(22)7-12-9-21-8-11(18)4-5-14(21)19-12/h4-6,8-9H,3,7H2,1-2H3,(H,20,22). The Labute approximate surface area is 147 Å². The van der Waals surface area contributed by atoms with Crippen LogP contribution in [0.25, 0.3) is 5.65 Å². The number of ether oxygens (including phenoxy) is 1. The fourth-order valence-electron chi connectivity index (χ4n) is 2.41. The molecule has 3 aromatic rings. The quantitative estimate of drug-likeness (QED) is 0.709. The van der Waals surface area contributed by atoms with Gasteiger partial charge in [-0.2, -0.15) is 0 Å². The lowest BCUT2D eigenvalue weighted by Gasteiger charge is -2.05. The number of nitrogens with one attached hydrogen (secondary N) is 1. The van der Waals surface area contributed by atoms with Crippen molar-refractivity contribution in [2.24, 2.45) is 0 Å². The summed E-state index contributed by atoms with van der Waals surface area (Å²) in [6.07, 6.45) is 2.91. The molecule has 3 aromatic heterocycles. The summed E-state index contributed by atoms with van der Waals surface area (Å²) in [5, 5.41) is 3.18. The molecular weight excluding hydrogens is 345 g/mol. The smallest absolute Gasteiger partial charge is 0.341 e. The first kappa shape index (κ1) is 17.1. The summed E-state index contributed by atoms with van der Waals surface area (Å²) in [6, 6.07) is 4.54. The van der Waals surface area contributed by atoms with E-state index in [2.05, 4.69) is 10.3 Å². The van der Waals surface area contributed by atoms with Crippen LogP contribution in [0.4, 0.5) is 9.39 Å². The second-order valence-corrected chi connectivity index (χ2v) is 6.65. The third-order valence-electron chi connectivity index (χ3n) is 3.41. The van der Waals surface area contributed by atoms with Crippen LogP contribution in [0.5, 0.6) is 0 Å². The van der Waals surface area contributed by atoms with Crippen molar-refractivity contribution >= 4 is 33.9 Å². The summed E-state index contributed by atoms with van der Waals surface area (Å²) in [5.74, 6) is -1.16. The van der Waals surface area contributed by atoms with E-state index in [1.165, 1.54) is 34.1 Å². The summed E-state index contributed by atoms with van der Waals surface area (Å²) < 4.78 is 19.7. The maximum absolute atomic E-state index is 13.2. The normalized spacial score (nSPS) is 10.8. The van der Waals surface area contributed by atoms with Crippen LogP contribution in [0.3, 0.4) is 0 Å². The lowest BCUT2D eigenvalue weighted by molar-refractivity contribution is -0.115. The Morgan fingerprint density at radius 2 is 2.16 bits per heavy atom. The van der Waals surface area contributed by atoms with Crippen LogP contribution in [0, 0.1) is 12.7 Å². The first-order valence-corrected chi connectivity index (χ1v) is 8.48. The molecule has 130 valence electrons. The molecule has 0 fully saturated rings. The van der Waals surface area contributed by atoms with E-state index in [1.54, 1.807) is 19.2 Å². The molecule has 0 unspecified atom stereocenters. The third kappa shape index (κ3) is 3.85. The van der Waals surface area contributed by atoms with Crippen LogP contribution in [-0.4, -0.2) is 27.9 Å². The Balaban J connectivity index is 1.74. The number of carbonyl (C=O) groups is 2. The van der Waals surface area contributed by atoms with Crippen molar-refractivity contribution in [3.8, 4) is 0 Å². The number of nitrogens with zero attached hydrogens (tertiary/aromatic N) is 2. The van der Waals surface area contributed by atoms with Gasteiger partial charge in [-0.1, -0.05) is 0 Å². The fraction of sp³-hybridized carbons (Fsp3) is 0.235. The molecule has 0 saturated carbocycles. The average Bonchev–Trinajstić information content (AvgIpc) is 3.09. The number of amides is 1. The van der Waals surface area contributed by atoms with Gasteiger partial charge in [-0.25, -0.2) is 14.2 Å². The zero-order chi connectivity index (χ0) is 18.0. The molecular formula is C17H16FN3O3S. The molecule has 8 heteroatoms. The highest BCUT2D eigenvalue weighted by Gasteiger charge is 2.18. The number of thiophene rings is 1. The minimum Gasteiger partial charge on any atom is -0.462 e. The topological polar surface area (TPSA) is 72.7 Å². The number of aromatic nitrogens is 2. The molecule has 3 heterocycles. The Morgan fingerprint density at radius 3 is 2.92 bits per heavy atom. The Kier molecular flexibility index (Phi) is 4.80. The molecule has 25 heavy (non-hydrogen) atoms. The number of carbonyl (C=O) groups excluding carboxylic acids is 2. The molecule has 0 aliphatic rings. The highest BCUT2D eigenvalue weighted by Crippen LogP contribution is 2.28. The van der Waals surface area contributed by atoms with Gasteiger partial charge in [0.2, 0.25) is 5.91 Å². The van der Waals surface area contributed by atoms with Gasteiger partial charge in [-0.15, -0.1) is 11.3 Å². The number of imidazole rings is 1. The van der Waals surface area contributed by atoms with Crippen LogP contribution in [0.15, 0.2) is 30.6 Å². The van der Waals surface area contributed by atoms with Crippen LogP contribution in [0.1, 0.15) is 27.9 Å². The number of esters is 1. The first-order chi connectivity index (χ1) is 12.0. The van der Waals surface area contributed by atoms with Crippen molar-refractivity contribution in [3.63, 3.8) is 0 Å². The van der Waals surface area contributed by atoms with Gasteiger partial charge < -0.3 is 14.5 Å². The number of pyridine rings is 1. The minimum absolute atomic E-state index is 0.0164. The largest absolute Gasteiger partial charge is 0.462 e. The van der Waals surface area contributed by atoms with E-state index < -0.39 is 5.97 Å². The number of rotatable bonds is 5. The summed E-state index contributed by atoms with van der Waals surface area (Å²) in [5.41, 5.74) is 1.41. The third-order valence-corrected chi connectivity index (χ3v) is 4.38. The van der Waals surface area contributed by atoms with E-state index in [0.717, 1.165) is 4.88 Å². The van der Waals surface area contributed by atoms with Crippen molar-refractivity contribution < 1.29 is 18.7 Å². The number of anilines is 1. The van der Waals surface area contributed by atoms with Crippen LogP contribution < -0.4 is 5.32 Å². The maximum atomic E-state index is 13.2. The van der Waals surface area contributed by atoms with Crippen molar-refractivity contribution in [2.75, 3.05) is 11.9 Å². The van der Waals surface area contributed by atoms with Gasteiger partial charge in [-0.3, -0.25) is 4.79 Å². The van der Waals surface area contributed by atoms with Crippen molar-refractivity contribution in [1.82, 2.24) is 9.38 Å². The molecule has 0 aliphatic heterocycles.